The van der Waals surface area contributed by atoms with E-state index in [0.717, 1.165) is 11.1 Å². The van der Waals surface area contributed by atoms with E-state index in [1.807, 2.05) is 102 Å². The van der Waals surface area contributed by atoms with Crippen LogP contribution >= 0.6 is 0 Å². The summed E-state index contributed by atoms with van der Waals surface area (Å²) in [5, 5.41) is 14.8. The van der Waals surface area contributed by atoms with Crippen LogP contribution in [0.15, 0.2) is 65.1 Å². The second kappa shape index (κ2) is 24.6. The van der Waals surface area contributed by atoms with Gasteiger partial charge in [-0.1, -0.05) is 103 Å². The highest BCUT2D eigenvalue weighted by atomic mass is 16.6. The van der Waals surface area contributed by atoms with E-state index in [0.29, 0.717) is 38.1 Å². The molecule has 370 valence electrons. The molecule has 1 fully saturated rings. The molecule has 1 saturated heterocycles. The van der Waals surface area contributed by atoms with Crippen LogP contribution in [0.25, 0.3) is 11.5 Å². The van der Waals surface area contributed by atoms with E-state index in [9.17, 15) is 24.0 Å². The lowest BCUT2D eigenvalue weighted by Gasteiger charge is -2.41. The van der Waals surface area contributed by atoms with Gasteiger partial charge in [0.15, 0.2) is 0 Å². The van der Waals surface area contributed by atoms with E-state index in [-0.39, 0.29) is 47.8 Å². The van der Waals surface area contributed by atoms with Gasteiger partial charge in [-0.2, -0.15) is 0 Å². The number of ether oxygens (including phenoxy) is 3. The highest BCUT2D eigenvalue weighted by Gasteiger charge is 2.44. The number of nitrogens with zero attached hydrogens (tertiary/aromatic N) is 5. The van der Waals surface area contributed by atoms with E-state index in [1.54, 1.807) is 51.7 Å². The third kappa shape index (κ3) is 14.3. The minimum Gasteiger partial charge on any atom is -0.444 e. The quantitative estimate of drug-likeness (QED) is 0.105. The lowest BCUT2D eigenvalue weighted by molar-refractivity contribution is -0.148. The number of carbonyl (C=O) groups is 5. The lowest BCUT2D eigenvalue weighted by Crippen LogP contribution is -2.60. The number of nitrogens with one attached hydrogen (secondary N) is 2. The average molecular weight is 932 g/mol. The normalized spacial score (nSPS) is 17.7. The first-order valence-electron chi connectivity index (χ1n) is 23.7. The molecule has 0 spiro atoms. The molecule has 2 N–H and O–H groups in total. The summed E-state index contributed by atoms with van der Waals surface area (Å²) in [6.07, 6.45) is 0.384. The molecular weight excluding hydrogens is 855 g/mol. The highest BCUT2D eigenvalue weighted by Crippen LogP contribution is 2.31. The van der Waals surface area contributed by atoms with Gasteiger partial charge in [0.2, 0.25) is 35.4 Å². The smallest absolute Gasteiger partial charge is 0.410 e. The van der Waals surface area contributed by atoms with Crippen molar-refractivity contribution in [3.63, 3.8) is 0 Å². The first kappa shape index (κ1) is 54.3. The van der Waals surface area contributed by atoms with Gasteiger partial charge in [-0.15, -0.1) is 10.2 Å². The number of amides is 5. The number of benzene rings is 2. The molecule has 0 aliphatic carbocycles. The summed E-state index contributed by atoms with van der Waals surface area (Å²) in [7, 11) is 6.30. The third-order valence-electron chi connectivity index (χ3n) is 12.8. The first-order chi connectivity index (χ1) is 31.6. The number of likely N-dealkylation sites (N-methyl/N-ethyl adjacent to an activating group) is 2. The summed E-state index contributed by atoms with van der Waals surface area (Å²) in [5.74, 6) is -2.07. The molecule has 2 aromatic carbocycles. The number of rotatable bonds is 22. The van der Waals surface area contributed by atoms with Crippen molar-refractivity contribution in [1.82, 2.24) is 35.5 Å². The predicted octanol–water partition coefficient (Wildman–Crippen LogP) is 7.09. The van der Waals surface area contributed by atoms with Crippen LogP contribution in [-0.4, -0.2) is 131 Å². The fourth-order valence-corrected chi connectivity index (χ4v) is 9.08. The van der Waals surface area contributed by atoms with Crippen LogP contribution in [-0.2, 0) is 39.8 Å². The Morgan fingerprint density at radius 3 is 2.01 bits per heavy atom. The molecule has 9 atom stereocenters. The molecule has 1 aromatic heterocycles. The topological polar surface area (TPSA) is 186 Å². The Bertz CT molecular complexity index is 2060. The summed E-state index contributed by atoms with van der Waals surface area (Å²) in [6, 6.07) is 15.7. The molecule has 5 amide bonds. The molecular formula is C51H77N7O9. The maximum absolute atomic E-state index is 14.6. The second-order valence-corrected chi connectivity index (χ2v) is 19.7. The molecule has 1 aliphatic heterocycles. The fraction of sp³-hybridized carbons (Fsp3) is 0.627. The van der Waals surface area contributed by atoms with Crippen molar-refractivity contribution in [2.75, 3.05) is 34.9 Å². The van der Waals surface area contributed by atoms with Gasteiger partial charge in [-0.05, 0) is 69.1 Å². The number of methoxy groups -OCH3 is 2. The molecule has 16 nitrogen and oxygen atoms in total. The third-order valence-corrected chi connectivity index (χ3v) is 12.8. The minimum atomic E-state index is -0.943. The summed E-state index contributed by atoms with van der Waals surface area (Å²) in [5.41, 5.74) is 0.972. The Morgan fingerprint density at radius 1 is 0.836 bits per heavy atom. The predicted molar refractivity (Wildman–Crippen MR) is 256 cm³/mol. The number of aromatic nitrogens is 2. The van der Waals surface area contributed by atoms with Crippen molar-refractivity contribution in [3.8, 4) is 11.5 Å². The van der Waals surface area contributed by atoms with Crippen LogP contribution in [0, 0.1) is 23.7 Å². The molecule has 4 rings (SSSR count). The molecule has 2 heterocycles. The van der Waals surface area contributed by atoms with Crippen LogP contribution in [0.1, 0.15) is 112 Å². The molecule has 0 bridgehead atoms. The Balaban J connectivity index is 1.52. The van der Waals surface area contributed by atoms with E-state index >= 15 is 0 Å². The van der Waals surface area contributed by atoms with Crippen molar-refractivity contribution in [1.29, 1.82) is 0 Å². The van der Waals surface area contributed by atoms with Gasteiger partial charge in [0.05, 0.1) is 36.6 Å². The van der Waals surface area contributed by atoms with Crippen LogP contribution in [0.3, 0.4) is 0 Å². The largest absolute Gasteiger partial charge is 0.444 e. The first-order valence-corrected chi connectivity index (χ1v) is 23.7. The second-order valence-electron chi connectivity index (χ2n) is 19.7. The Labute approximate surface area is 398 Å². The molecule has 0 radical (unpaired) electrons. The molecule has 3 aromatic rings. The zero-order valence-electron chi connectivity index (χ0n) is 42.3. The minimum absolute atomic E-state index is 0.0362. The number of likely N-dealkylation sites (tertiary alicyclic amines) is 1. The van der Waals surface area contributed by atoms with Crippen LogP contribution < -0.4 is 10.6 Å². The van der Waals surface area contributed by atoms with Gasteiger partial charge in [-0.25, -0.2) is 4.79 Å². The monoisotopic (exact) mass is 932 g/mol. The van der Waals surface area contributed by atoms with E-state index in [2.05, 4.69) is 20.8 Å². The van der Waals surface area contributed by atoms with Gasteiger partial charge in [0.25, 0.3) is 0 Å². The van der Waals surface area contributed by atoms with Gasteiger partial charge in [0.1, 0.15) is 23.7 Å². The summed E-state index contributed by atoms with van der Waals surface area (Å²) in [4.78, 5) is 75.0. The number of carbonyl (C=O) groups excluding carboxylic acids is 5. The molecule has 1 aliphatic rings. The zero-order valence-corrected chi connectivity index (χ0v) is 42.3. The van der Waals surface area contributed by atoms with Crippen LogP contribution in [0.5, 0.6) is 0 Å². The number of hydrogen-bond donors (Lipinski definition) is 2. The van der Waals surface area contributed by atoms with Crippen molar-refractivity contribution < 1.29 is 42.6 Å². The maximum Gasteiger partial charge on any atom is 0.410 e. The van der Waals surface area contributed by atoms with Gasteiger partial charge in [0, 0.05) is 46.8 Å². The standard InChI is InChI=1S/C51H77N7O9/c1-15-33(6)43(56(11)49(62)41(31(2)3)53-46(61)42(32(4)5)57(12)50(63)67-51(8,9)10)39(64-13)30-40(59)58-28-22-27-38(58)44(65-14)34(7)45(60)52-37(29-35-23-18-16-19-24-35)48-55-54-47(66-48)36-25-20-17-21-26-36/h16-21,23-26,31-34,37-39,41-44H,15,22,27-30H2,1-14H3,(H,52,60)(H,53,61)/t33-,34+,37-,38-,39+,41-,42-,43-,44+/m0/s1. The van der Waals surface area contributed by atoms with Gasteiger partial charge >= 0.3 is 6.09 Å². The van der Waals surface area contributed by atoms with E-state index in [1.165, 1.54) is 19.1 Å². The molecule has 0 saturated carbocycles. The summed E-state index contributed by atoms with van der Waals surface area (Å²) >= 11 is 0. The Morgan fingerprint density at radius 2 is 1.46 bits per heavy atom. The average Bonchev–Trinajstić information content (AvgIpc) is 3.99. The van der Waals surface area contributed by atoms with E-state index in [4.69, 9.17) is 18.6 Å². The van der Waals surface area contributed by atoms with Gasteiger partial charge in [-0.3, -0.25) is 24.1 Å². The van der Waals surface area contributed by atoms with Gasteiger partial charge < -0.3 is 39.1 Å². The molecule has 0 unspecified atom stereocenters. The van der Waals surface area contributed by atoms with Crippen LogP contribution in [0.2, 0.25) is 0 Å². The zero-order chi connectivity index (χ0) is 49.7. The summed E-state index contributed by atoms with van der Waals surface area (Å²) < 4.78 is 23.9. The van der Waals surface area contributed by atoms with Crippen LogP contribution in [0.4, 0.5) is 4.79 Å². The SMILES string of the molecule is CC[C@H](C)[C@@H]([C@@H](CC(=O)N1CCC[C@H]1[C@H](OC)[C@@H](C)C(=O)N[C@@H](Cc1ccccc1)c1nnc(-c2ccccc2)o1)OC)N(C)C(=O)[C@@H](NC(=O)[C@H](C(C)C)N(C)C(=O)OC(C)(C)C)C(C)C. The Kier molecular flexibility index (Phi) is 19.9. The van der Waals surface area contributed by atoms with Crippen molar-refractivity contribution in [3.05, 3.63) is 72.1 Å². The highest BCUT2D eigenvalue weighted by molar-refractivity contribution is 5.92. The lowest BCUT2D eigenvalue weighted by atomic mass is 9.89. The fourth-order valence-electron chi connectivity index (χ4n) is 9.08. The van der Waals surface area contributed by atoms with Crippen molar-refractivity contribution in [2.24, 2.45) is 23.7 Å². The summed E-state index contributed by atoms with van der Waals surface area (Å²) in [6.45, 7) is 18.9. The number of hydrogen-bond acceptors (Lipinski definition) is 11. The maximum atomic E-state index is 14.6. The van der Waals surface area contributed by atoms with Crippen molar-refractivity contribution >= 4 is 29.7 Å². The molecule has 67 heavy (non-hydrogen) atoms. The van der Waals surface area contributed by atoms with Crippen molar-refractivity contribution in [2.45, 2.75) is 149 Å². The van der Waals surface area contributed by atoms with E-state index < -0.39 is 65.9 Å². The Hall–Kier alpha value is -5.35. The molecule has 16 heteroatoms.